The third-order valence-corrected chi connectivity index (χ3v) is 4.63. The summed E-state index contributed by atoms with van der Waals surface area (Å²) in [5.74, 6) is -0.0597. The number of anilines is 1. The van der Waals surface area contributed by atoms with Crippen LogP contribution in [0.4, 0.5) is 20.6 Å². The number of aryl methyl sites for hydroxylation is 1. The number of hydrogen-bond acceptors (Lipinski definition) is 5. The number of halogens is 1. The maximum Gasteiger partial charge on any atom is 0.404 e. The molecule has 3 rings (SSSR count). The molecule has 1 fully saturated rings. The minimum atomic E-state index is -1.14. The smallest absolute Gasteiger partial charge is 0.404 e. The molecule has 2 aromatic rings. The first-order valence-corrected chi connectivity index (χ1v) is 8.28. The van der Waals surface area contributed by atoms with Gasteiger partial charge in [-0.25, -0.2) is 14.2 Å². The third kappa shape index (κ3) is 2.91. The first kappa shape index (κ1) is 17.9. The van der Waals surface area contributed by atoms with E-state index in [1.807, 2.05) is 13.8 Å². The van der Waals surface area contributed by atoms with Crippen LogP contribution < -0.4 is 10.2 Å². The number of rotatable bonds is 4. The second-order valence-corrected chi connectivity index (χ2v) is 6.75. The van der Waals surface area contributed by atoms with E-state index in [9.17, 15) is 19.3 Å². The molecule has 0 radical (unpaired) electrons. The van der Waals surface area contributed by atoms with Crippen LogP contribution in [0.5, 0.6) is 0 Å². The quantitative estimate of drug-likeness (QED) is 0.636. The summed E-state index contributed by atoms with van der Waals surface area (Å²) in [6.45, 7) is 4.51. The summed E-state index contributed by atoms with van der Waals surface area (Å²) in [6, 6.07) is 0.571. The molecule has 1 aliphatic rings. The van der Waals surface area contributed by atoms with Crippen LogP contribution in [0.15, 0.2) is 6.07 Å². The van der Waals surface area contributed by atoms with E-state index in [0.29, 0.717) is 18.8 Å². The fourth-order valence-corrected chi connectivity index (χ4v) is 3.56. The van der Waals surface area contributed by atoms with Gasteiger partial charge in [-0.05, 0) is 6.42 Å². The van der Waals surface area contributed by atoms with Gasteiger partial charge in [0.05, 0.1) is 17.0 Å². The Morgan fingerprint density at radius 3 is 2.81 bits per heavy atom. The molecule has 140 valence electrons. The average Bonchev–Trinajstić information content (AvgIpc) is 3.11. The summed E-state index contributed by atoms with van der Waals surface area (Å²) in [7, 11) is 1.68. The number of nitrogens with zero attached hydrogens (tertiary/aromatic N) is 4. The minimum absolute atomic E-state index is 0.0127. The standard InChI is InChI=1S/C16H20FN5O4/c1-8(2)15-19-12-13(20(15)3)10(17)6-11(22(25)26)14(12)21-5-4-9(7-21)18-16(23)24/h6,8-9,18H,4-5,7H2,1-3H3,(H,23,24)/t9-/m1/s1. The molecule has 0 bridgehead atoms. The number of imidazole rings is 1. The molecule has 1 atom stereocenters. The molecule has 0 unspecified atom stereocenters. The van der Waals surface area contributed by atoms with Crippen molar-refractivity contribution in [3.05, 3.63) is 27.8 Å². The normalized spacial score (nSPS) is 17.3. The molecule has 1 aromatic carbocycles. The van der Waals surface area contributed by atoms with Crippen molar-refractivity contribution >= 4 is 28.5 Å². The molecular weight excluding hydrogens is 345 g/mol. The van der Waals surface area contributed by atoms with Crippen LogP contribution >= 0.6 is 0 Å². The SMILES string of the molecule is CC(C)c1nc2c(N3CC[C@@H](NC(=O)O)C3)c([N+](=O)[O-])cc(F)c2n1C. The van der Waals surface area contributed by atoms with E-state index in [-0.39, 0.29) is 40.9 Å². The van der Waals surface area contributed by atoms with E-state index < -0.39 is 16.8 Å². The Morgan fingerprint density at radius 2 is 2.23 bits per heavy atom. The van der Waals surface area contributed by atoms with Gasteiger partial charge in [0.1, 0.15) is 22.5 Å². The van der Waals surface area contributed by atoms with Crippen LogP contribution in [-0.4, -0.2) is 44.8 Å². The molecule has 0 spiro atoms. The number of amides is 1. The summed E-state index contributed by atoms with van der Waals surface area (Å²) in [5.41, 5.74) is 0.325. The van der Waals surface area contributed by atoms with Gasteiger partial charge < -0.3 is 19.9 Å². The van der Waals surface area contributed by atoms with Crippen molar-refractivity contribution in [1.82, 2.24) is 14.9 Å². The first-order valence-electron chi connectivity index (χ1n) is 8.28. The maximum absolute atomic E-state index is 14.6. The zero-order chi connectivity index (χ0) is 19.2. The lowest BCUT2D eigenvalue weighted by Gasteiger charge is -2.19. The largest absolute Gasteiger partial charge is 0.465 e. The topological polar surface area (TPSA) is 114 Å². The van der Waals surface area contributed by atoms with Gasteiger partial charge in [0.2, 0.25) is 0 Å². The zero-order valence-corrected chi connectivity index (χ0v) is 14.7. The summed E-state index contributed by atoms with van der Waals surface area (Å²) < 4.78 is 16.2. The van der Waals surface area contributed by atoms with Crippen molar-refractivity contribution in [2.75, 3.05) is 18.0 Å². The Labute approximate surface area is 148 Å². The number of carboxylic acid groups (broad SMARTS) is 1. The number of fused-ring (bicyclic) bond motifs is 1. The number of hydrogen-bond donors (Lipinski definition) is 2. The highest BCUT2D eigenvalue weighted by molar-refractivity contribution is 5.95. The van der Waals surface area contributed by atoms with Crippen LogP contribution in [0, 0.1) is 15.9 Å². The monoisotopic (exact) mass is 365 g/mol. The van der Waals surface area contributed by atoms with Gasteiger partial charge in [0.25, 0.3) is 5.69 Å². The number of aromatic nitrogens is 2. The second-order valence-electron chi connectivity index (χ2n) is 6.75. The van der Waals surface area contributed by atoms with Crippen LogP contribution in [0.1, 0.15) is 32.0 Å². The highest BCUT2D eigenvalue weighted by Crippen LogP contribution is 2.39. The van der Waals surface area contributed by atoms with Gasteiger partial charge in [-0.15, -0.1) is 0 Å². The molecule has 1 amide bonds. The molecule has 1 saturated heterocycles. The van der Waals surface area contributed by atoms with E-state index >= 15 is 0 Å². The van der Waals surface area contributed by atoms with Crippen molar-refractivity contribution in [1.29, 1.82) is 0 Å². The Balaban J connectivity index is 2.18. The summed E-state index contributed by atoms with van der Waals surface area (Å²) in [6.07, 6.45) is -0.637. The van der Waals surface area contributed by atoms with E-state index in [4.69, 9.17) is 5.11 Å². The Kier molecular flexibility index (Phi) is 4.43. The van der Waals surface area contributed by atoms with E-state index in [1.165, 1.54) is 0 Å². The highest BCUT2D eigenvalue weighted by Gasteiger charge is 2.33. The van der Waals surface area contributed by atoms with Gasteiger partial charge in [-0.2, -0.15) is 0 Å². The number of nitro benzene ring substituents is 1. The van der Waals surface area contributed by atoms with Gasteiger partial charge in [0.15, 0.2) is 5.82 Å². The van der Waals surface area contributed by atoms with E-state index in [2.05, 4.69) is 10.3 Å². The number of carbonyl (C=O) groups is 1. The minimum Gasteiger partial charge on any atom is -0.465 e. The second kappa shape index (κ2) is 6.43. The molecule has 2 heterocycles. The molecule has 1 aliphatic heterocycles. The Bertz CT molecular complexity index is 895. The third-order valence-electron chi connectivity index (χ3n) is 4.63. The molecule has 9 nitrogen and oxygen atoms in total. The molecule has 26 heavy (non-hydrogen) atoms. The lowest BCUT2D eigenvalue weighted by molar-refractivity contribution is -0.384. The lowest BCUT2D eigenvalue weighted by Crippen LogP contribution is -2.36. The summed E-state index contributed by atoms with van der Waals surface area (Å²) in [5, 5.41) is 22.8. The van der Waals surface area contributed by atoms with Crippen LogP contribution in [0.25, 0.3) is 11.0 Å². The fourth-order valence-electron chi connectivity index (χ4n) is 3.56. The summed E-state index contributed by atoms with van der Waals surface area (Å²) in [4.78, 5) is 27.9. The van der Waals surface area contributed by atoms with Gasteiger partial charge in [-0.3, -0.25) is 10.1 Å². The van der Waals surface area contributed by atoms with Crippen molar-refractivity contribution < 1.29 is 19.2 Å². The number of benzene rings is 1. The predicted molar refractivity (Wildman–Crippen MR) is 93.2 cm³/mol. The molecule has 0 saturated carbocycles. The number of nitrogens with one attached hydrogen (secondary N) is 1. The molecule has 10 heteroatoms. The lowest BCUT2D eigenvalue weighted by atomic mass is 10.2. The number of nitro groups is 1. The Morgan fingerprint density at radius 1 is 1.54 bits per heavy atom. The Hall–Kier alpha value is -2.91. The zero-order valence-electron chi connectivity index (χ0n) is 14.7. The van der Waals surface area contributed by atoms with E-state index in [1.54, 1.807) is 16.5 Å². The van der Waals surface area contributed by atoms with Crippen molar-refractivity contribution in [3.63, 3.8) is 0 Å². The maximum atomic E-state index is 14.6. The van der Waals surface area contributed by atoms with Crippen LogP contribution in [0.3, 0.4) is 0 Å². The first-order chi connectivity index (χ1) is 12.2. The molecule has 1 aromatic heterocycles. The average molecular weight is 365 g/mol. The summed E-state index contributed by atoms with van der Waals surface area (Å²) >= 11 is 0. The fraction of sp³-hybridized carbons (Fsp3) is 0.500. The van der Waals surface area contributed by atoms with Crippen LogP contribution in [-0.2, 0) is 7.05 Å². The van der Waals surface area contributed by atoms with E-state index in [0.717, 1.165) is 6.07 Å². The molecule has 0 aliphatic carbocycles. The van der Waals surface area contributed by atoms with Gasteiger partial charge in [0, 0.05) is 26.1 Å². The molecule has 2 N–H and O–H groups in total. The van der Waals surface area contributed by atoms with Crippen LogP contribution in [0.2, 0.25) is 0 Å². The van der Waals surface area contributed by atoms with Crippen molar-refractivity contribution in [2.24, 2.45) is 7.05 Å². The van der Waals surface area contributed by atoms with Gasteiger partial charge >= 0.3 is 6.09 Å². The van der Waals surface area contributed by atoms with Gasteiger partial charge in [-0.1, -0.05) is 13.8 Å². The van der Waals surface area contributed by atoms with Crippen molar-refractivity contribution in [3.8, 4) is 0 Å². The highest BCUT2D eigenvalue weighted by atomic mass is 19.1. The predicted octanol–water partition coefficient (Wildman–Crippen LogP) is 2.59. The molecular formula is C16H20FN5O4. The van der Waals surface area contributed by atoms with Crippen molar-refractivity contribution in [2.45, 2.75) is 32.2 Å².